The van der Waals surface area contributed by atoms with Crippen molar-refractivity contribution in [2.75, 3.05) is 13.1 Å². The first-order valence-electron chi connectivity index (χ1n) is 6.47. The normalized spacial score (nSPS) is 20.7. The SMILES string of the molecule is CC(N)(Cc1ccc(Cl)cc1Cl)N1CCCCC1. The predicted molar refractivity (Wildman–Crippen MR) is 78.2 cm³/mol. The molecule has 0 saturated carbocycles. The first kappa shape index (κ1) is 14.1. The summed E-state index contributed by atoms with van der Waals surface area (Å²) in [5.41, 5.74) is 7.20. The van der Waals surface area contributed by atoms with Crippen LogP contribution in [-0.2, 0) is 6.42 Å². The van der Waals surface area contributed by atoms with Crippen molar-refractivity contribution in [2.24, 2.45) is 5.73 Å². The fourth-order valence-corrected chi connectivity index (χ4v) is 3.04. The van der Waals surface area contributed by atoms with Crippen LogP contribution in [0.1, 0.15) is 31.7 Å². The van der Waals surface area contributed by atoms with Crippen LogP contribution in [0.15, 0.2) is 18.2 Å². The van der Waals surface area contributed by atoms with Gasteiger partial charge in [0, 0.05) is 16.5 Å². The van der Waals surface area contributed by atoms with Gasteiger partial charge in [0.1, 0.15) is 0 Å². The Morgan fingerprint density at radius 3 is 2.50 bits per heavy atom. The average Bonchev–Trinajstić information content (AvgIpc) is 2.34. The standard InChI is InChI=1S/C14H20Cl2N2/c1-14(17,18-7-3-2-4-8-18)10-11-5-6-12(15)9-13(11)16/h5-6,9H,2-4,7-8,10,17H2,1H3. The molecule has 0 aromatic heterocycles. The maximum atomic E-state index is 6.46. The maximum Gasteiger partial charge on any atom is 0.0700 e. The van der Waals surface area contributed by atoms with Crippen LogP contribution in [0.2, 0.25) is 10.0 Å². The minimum atomic E-state index is -0.335. The molecule has 4 heteroatoms. The van der Waals surface area contributed by atoms with Gasteiger partial charge in [-0.25, -0.2) is 0 Å². The van der Waals surface area contributed by atoms with Crippen molar-refractivity contribution < 1.29 is 0 Å². The number of piperidine rings is 1. The Labute approximate surface area is 119 Å². The Morgan fingerprint density at radius 1 is 1.22 bits per heavy atom. The highest BCUT2D eigenvalue weighted by atomic mass is 35.5. The van der Waals surface area contributed by atoms with Gasteiger partial charge in [-0.05, 0) is 50.6 Å². The molecular weight excluding hydrogens is 267 g/mol. The summed E-state index contributed by atoms with van der Waals surface area (Å²) in [6.45, 7) is 4.25. The lowest BCUT2D eigenvalue weighted by atomic mass is 9.97. The zero-order valence-corrected chi connectivity index (χ0v) is 12.3. The highest BCUT2D eigenvalue weighted by Crippen LogP contribution is 2.26. The Balaban J connectivity index is 2.10. The van der Waals surface area contributed by atoms with E-state index in [0.29, 0.717) is 10.0 Å². The van der Waals surface area contributed by atoms with Gasteiger partial charge in [0.2, 0.25) is 0 Å². The van der Waals surface area contributed by atoms with Crippen molar-refractivity contribution in [3.63, 3.8) is 0 Å². The van der Waals surface area contributed by atoms with Crippen molar-refractivity contribution >= 4 is 23.2 Å². The molecule has 18 heavy (non-hydrogen) atoms. The van der Waals surface area contributed by atoms with Gasteiger partial charge >= 0.3 is 0 Å². The third-order valence-electron chi connectivity index (χ3n) is 3.64. The van der Waals surface area contributed by atoms with Crippen LogP contribution in [-0.4, -0.2) is 23.7 Å². The number of likely N-dealkylation sites (tertiary alicyclic amines) is 1. The molecule has 0 bridgehead atoms. The van der Waals surface area contributed by atoms with Crippen LogP contribution in [0.3, 0.4) is 0 Å². The number of hydrogen-bond acceptors (Lipinski definition) is 2. The van der Waals surface area contributed by atoms with Gasteiger partial charge in [-0.2, -0.15) is 0 Å². The topological polar surface area (TPSA) is 29.3 Å². The van der Waals surface area contributed by atoms with Gasteiger partial charge < -0.3 is 5.73 Å². The molecule has 1 aliphatic rings. The summed E-state index contributed by atoms with van der Waals surface area (Å²) >= 11 is 12.1. The van der Waals surface area contributed by atoms with Gasteiger partial charge in [0.25, 0.3) is 0 Å². The monoisotopic (exact) mass is 286 g/mol. The molecule has 0 radical (unpaired) electrons. The molecular formula is C14H20Cl2N2. The first-order chi connectivity index (χ1) is 8.49. The van der Waals surface area contributed by atoms with Crippen molar-refractivity contribution in [2.45, 2.75) is 38.3 Å². The van der Waals surface area contributed by atoms with E-state index in [2.05, 4.69) is 11.8 Å². The van der Waals surface area contributed by atoms with E-state index in [9.17, 15) is 0 Å². The van der Waals surface area contributed by atoms with Gasteiger partial charge in [-0.3, -0.25) is 4.90 Å². The minimum absolute atomic E-state index is 0.335. The highest BCUT2D eigenvalue weighted by Gasteiger charge is 2.29. The van der Waals surface area contributed by atoms with Crippen molar-refractivity contribution in [1.82, 2.24) is 4.90 Å². The Morgan fingerprint density at radius 2 is 1.89 bits per heavy atom. The number of benzene rings is 1. The molecule has 1 aromatic rings. The Kier molecular flexibility index (Phi) is 4.54. The molecule has 2 N–H and O–H groups in total. The van der Waals surface area contributed by atoms with Gasteiger partial charge in [-0.1, -0.05) is 35.7 Å². The van der Waals surface area contributed by atoms with E-state index in [1.807, 2.05) is 12.1 Å². The van der Waals surface area contributed by atoms with Crippen molar-refractivity contribution in [3.8, 4) is 0 Å². The molecule has 1 heterocycles. The van der Waals surface area contributed by atoms with Crippen LogP contribution in [0.25, 0.3) is 0 Å². The Hall–Kier alpha value is -0.280. The summed E-state index contributed by atoms with van der Waals surface area (Å²) in [5.74, 6) is 0. The second kappa shape index (κ2) is 5.79. The molecule has 0 spiro atoms. The average molecular weight is 287 g/mol. The lowest BCUT2D eigenvalue weighted by Crippen LogP contribution is -2.56. The third-order valence-corrected chi connectivity index (χ3v) is 4.23. The summed E-state index contributed by atoms with van der Waals surface area (Å²) in [4.78, 5) is 2.36. The number of rotatable bonds is 3. The van der Waals surface area contributed by atoms with E-state index < -0.39 is 0 Å². The molecule has 2 rings (SSSR count). The smallest absolute Gasteiger partial charge is 0.0700 e. The van der Waals surface area contributed by atoms with E-state index in [1.165, 1.54) is 19.3 Å². The lowest BCUT2D eigenvalue weighted by molar-refractivity contribution is 0.0856. The minimum Gasteiger partial charge on any atom is -0.313 e. The number of halogens is 2. The summed E-state index contributed by atoms with van der Waals surface area (Å²) < 4.78 is 0. The molecule has 0 aliphatic carbocycles. The van der Waals surface area contributed by atoms with E-state index in [4.69, 9.17) is 28.9 Å². The summed E-state index contributed by atoms with van der Waals surface area (Å²) in [6.07, 6.45) is 4.54. The molecule has 100 valence electrons. The first-order valence-corrected chi connectivity index (χ1v) is 7.22. The molecule has 0 amide bonds. The van der Waals surface area contributed by atoms with Crippen LogP contribution >= 0.6 is 23.2 Å². The summed E-state index contributed by atoms with van der Waals surface area (Å²) in [5, 5.41) is 1.37. The summed E-state index contributed by atoms with van der Waals surface area (Å²) in [7, 11) is 0. The summed E-state index contributed by atoms with van der Waals surface area (Å²) in [6, 6.07) is 5.62. The van der Waals surface area contributed by atoms with E-state index in [1.54, 1.807) is 6.07 Å². The maximum absolute atomic E-state index is 6.46. The van der Waals surface area contributed by atoms with Gasteiger partial charge in [-0.15, -0.1) is 0 Å². The van der Waals surface area contributed by atoms with E-state index in [0.717, 1.165) is 25.1 Å². The quantitative estimate of drug-likeness (QED) is 0.918. The fourth-order valence-electron chi connectivity index (χ4n) is 2.57. The van der Waals surface area contributed by atoms with Crippen LogP contribution < -0.4 is 5.73 Å². The zero-order valence-electron chi connectivity index (χ0n) is 10.8. The predicted octanol–water partition coefficient (Wildman–Crippen LogP) is 3.70. The molecule has 2 nitrogen and oxygen atoms in total. The molecule has 1 aromatic carbocycles. The molecule has 1 aliphatic heterocycles. The van der Waals surface area contributed by atoms with Crippen LogP contribution in [0.5, 0.6) is 0 Å². The third kappa shape index (κ3) is 3.39. The van der Waals surface area contributed by atoms with Gasteiger partial charge in [0.05, 0.1) is 5.66 Å². The fraction of sp³-hybridized carbons (Fsp3) is 0.571. The zero-order chi connectivity index (χ0) is 13.2. The second-order valence-corrected chi connectivity index (χ2v) is 6.16. The number of nitrogens with zero attached hydrogens (tertiary/aromatic N) is 1. The second-order valence-electron chi connectivity index (χ2n) is 5.32. The van der Waals surface area contributed by atoms with Crippen molar-refractivity contribution in [1.29, 1.82) is 0 Å². The Bertz CT molecular complexity index is 412. The van der Waals surface area contributed by atoms with Gasteiger partial charge in [0.15, 0.2) is 0 Å². The molecule has 1 fully saturated rings. The highest BCUT2D eigenvalue weighted by molar-refractivity contribution is 6.35. The van der Waals surface area contributed by atoms with E-state index >= 15 is 0 Å². The molecule has 1 unspecified atom stereocenters. The van der Waals surface area contributed by atoms with E-state index in [-0.39, 0.29) is 5.66 Å². The number of nitrogens with two attached hydrogens (primary N) is 1. The lowest BCUT2D eigenvalue weighted by Gasteiger charge is -2.41. The molecule has 1 atom stereocenters. The van der Waals surface area contributed by atoms with Crippen molar-refractivity contribution in [3.05, 3.63) is 33.8 Å². The molecule has 1 saturated heterocycles. The number of hydrogen-bond donors (Lipinski definition) is 1. The van der Waals surface area contributed by atoms with Crippen LogP contribution in [0, 0.1) is 0 Å². The van der Waals surface area contributed by atoms with Crippen LogP contribution in [0.4, 0.5) is 0 Å². The largest absolute Gasteiger partial charge is 0.313 e.